The summed E-state index contributed by atoms with van der Waals surface area (Å²) >= 11 is 0. The normalized spacial score (nSPS) is 56.7. The monoisotopic (exact) mass is 132 g/mol. The summed E-state index contributed by atoms with van der Waals surface area (Å²) < 4.78 is 25.3. The highest BCUT2D eigenvalue weighted by atomic mass is 19.2. The number of hydrogen-bond donors (Lipinski definition) is 0. The zero-order chi connectivity index (χ0) is 6.43. The van der Waals surface area contributed by atoms with Crippen LogP contribution in [0.5, 0.6) is 0 Å². The molecule has 4 atom stereocenters. The second-order valence-corrected chi connectivity index (χ2v) is 3.22. The predicted molar refractivity (Wildman–Crippen MR) is 30.6 cm³/mol. The van der Waals surface area contributed by atoms with Gasteiger partial charge in [-0.25, -0.2) is 8.78 Å². The first-order valence-electron chi connectivity index (χ1n) is 3.57. The first-order chi connectivity index (χ1) is 4.29. The molecule has 2 bridgehead atoms. The lowest BCUT2D eigenvalue weighted by Gasteiger charge is -2.17. The van der Waals surface area contributed by atoms with E-state index in [1.165, 1.54) is 0 Å². The second kappa shape index (κ2) is 1.68. The van der Waals surface area contributed by atoms with E-state index in [1.54, 1.807) is 0 Å². The fraction of sp³-hybridized carbons (Fsp3) is 1.00. The van der Waals surface area contributed by atoms with Crippen LogP contribution in [0.2, 0.25) is 0 Å². The van der Waals surface area contributed by atoms with E-state index in [2.05, 4.69) is 0 Å². The Balaban J connectivity index is 2.15. The van der Waals surface area contributed by atoms with E-state index in [-0.39, 0.29) is 11.8 Å². The third kappa shape index (κ3) is 0.620. The molecule has 2 aliphatic carbocycles. The molecule has 2 saturated carbocycles. The first-order valence-corrected chi connectivity index (χ1v) is 3.57. The average Bonchev–Trinajstić information content (AvgIpc) is 2.37. The molecular formula is C7H10F2. The third-order valence-corrected chi connectivity index (χ3v) is 2.72. The summed E-state index contributed by atoms with van der Waals surface area (Å²) in [6.45, 7) is 0. The largest absolute Gasteiger partial charge is 0.244 e. The van der Waals surface area contributed by atoms with Gasteiger partial charge in [0.2, 0.25) is 0 Å². The van der Waals surface area contributed by atoms with Crippen molar-refractivity contribution in [3.63, 3.8) is 0 Å². The highest BCUT2D eigenvalue weighted by Crippen LogP contribution is 2.47. The Bertz CT molecular complexity index is 106. The van der Waals surface area contributed by atoms with Crippen LogP contribution in [0.25, 0.3) is 0 Å². The zero-order valence-electron chi connectivity index (χ0n) is 5.19. The summed E-state index contributed by atoms with van der Waals surface area (Å²) in [6.07, 6.45) is 0.411. The molecule has 0 saturated heterocycles. The lowest BCUT2D eigenvalue weighted by atomic mass is 9.97. The maximum Gasteiger partial charge on any atom is 0.134 e. The molecule has 0 aliphatic heterocycles. The third-order valence-electron chi connectivity index (χ3n) is 2.72. The van der Waals surface area contributed by atoms with Crippen LogP contribution in [0.1, 0.15) is 19.3 Å². The molecule has 52 valence electrons. The van der Waals surface area contributed by atoms with Gasteiger partial charge < -0.3 is 0 Å². The Hall–Kier alpha value is -0.140. The van der Waals surface area contributed by atoms with E-state index in [1.807, 2.05) is 0 Å². The minimum Gasteiger partial charge on any atom is -0.244 e. The van der Waals surface area contributed by atoms with Gasteiger partial charge >= 0.3 is 0 Å². The molecule has 2 fully saturated rings. The minimum atomic E-state index is -1.12. The number of alkyl halides is 2. The van der Waals surface area contributed by atoms with Gasteiger partial charge in [0.1, 0.15) is 12.3 Å². The van der Waals surface area contributed by atoms with E-state index in [0.717, 1.165) is 19.3 Å². The Labute approximate surface area is 53.2 Å². The predicted octanol–water partition coefficient (Wildman–Crippen LogP) is 2.09. The van der Waals surface area contributed by atoms with Gasteiger partial charge in [0, 0.05) is 0 Å². The Morgan fingerprint density at radius 1 is 0.889 bits per heavy atom. The van der Waals surface area contributed by atoms with E-state index >= 15 is 0 Å². The SMILES string of the molecule is F[C@@H]1[C@H]2CC[C@@H](C2)[C@@H]1F. The molecule has 0 aromatic rings. The molecule has 0 heterocycles. The second-order valence-electron chi connectivity index (χ2n) is 3.22. The molecular weight excluding hydrogens is 122 g/mol. The van der Waals surface area contributed by atoms with Crippen molar-refractivity contribution < 1.29 is 8.78 Å². The highest BCUT2D eigenvalue weighted by Gasteiger charge is 2.48. The topological polar surface area (TPSA) is 0 Å². The van der Waals surface area contributed by atoms with Crippen molar-refractivity contribution in [2.24, 2.45) is 11.8 Å². The molecule has 0 amide bonds. The summed E-state index contributed by atoms with van der Waals surface area (Å²) in [5.41, 5.74) is 0. The molecule has 0 aromatic heterocycles. The van der Waals surface area contributed by atoms with E-state index in [0.29, 0.717) is 0 Å². The molecule has 2 heteroatoms. The van der Waals surface area contributed by atoms with Gasteiger partial charge in [0.25, 0.3) is 0 Å². The molecule has 0 N–H and O–H groups in total. The Morgan fingerprint density at radius 3 is 1.56 bits per heavy atom. The molecule has 0 spiro atoms. The van der Waals surface area contributed by atoms with E-state index in [9.17, 15) is 8.78 Å². The molecule has 9 heavy (non-hydrogen) atoms. The van der Waals surface area contributed by atoms with Crippen LogP contribution in [-0.4, -0.2) is 12.3 Å². The molecule has 0 radical (unpaired) electrons. The zero-order valence-corrected chi connectivity index (χ0v) is 5.19. The standard InChI is InChI=1S/C7H10F2/c8-6-4-1-2-5(3-4)7(6)9/h4-7H,1-3H2/t4-,5-,6-,7+/m0/s1. The van der Waals surface area contributed by atoms with Crippen LogP contribution in [0.15, 0.2) is 0 Å². The van der Waals surface area contributed by atoms with Crippen molar-refractivity contribution in [1.29, 1.82) is 0 Å². The van der Waals surface area contributed by atoms with Crippen molar-refractivity contribution in [2.45, 2.75) is 31.6 Å². The van der Waals surface area contributed by atoms with Gasteiger partial charge in [-0.15, -0.1) is 0 Å². The van der Waals surface area contributed by atoms with E-state index < -0.39 is 12.3 Å². The summed E-state index contributed by atoms with van der Waals surface area (Å²) in [5.74, 6) is 0.148. The minimum absolute atomic E-state index is 0.0741. The number of hydrogen-bond acceptors (Lipinski definition) is 0. The van der Waals surface area contributed by atoms with Crippen molar-refractivity contribution in [2.75, 3.05) is 0 Å². The number of rotatable bonds is 0. The van der Waals surface area contributed by atoms with Crippen molar-refractivity contribution in [3.8, 4) is 0 Å². The van der Waals surface area contributed by atoms with Crippen LogP contribution in [-0.2, 0) is 0 Å². The van der Waals surface area contributed by atoms with Crippen molar-refractivity contribution >= 4 is 0 Å². The van der Waals surface area contributed by atoms with Crippen LogP contribution < -0.4 is 0 Å². The molecule has 2 rings (SSSR count). The highest BCUT2D eigenvalue weighted by molar-refractivity contribution is 4.97. The maximum atomic E-state index is 12.6. The van der Waals surface area contributed by atoms with Crippen LogP contribution in [0.3, 0.4) is 0 Å². The van der Waals surface area contributed by atoms with Crippen LogP contribution >= 0.6 is 0 Å². The molecule has 0 aromatic carbocycles. The van der Waals surface area contributed by atoms with Crippen molar-refractivity contribution in [3.05, 3.63) is 0 Å². The van der Waals surface area contributed by atoms with E-state index in [4.69, 9.17) is 0 Å². The Kier molecular flexibility index (Phi) is 1.05. The quantitative estimate of drug-likeness (QED) is 0.473. The lowest BCUT2D eigenvalue weighted by Crippen LogP contribution is -2.24. The first kappa shape index (κ1) is 5.63. The molecule has 2 aliphatic rings. The van der Waals surface area contributed by atoms with Crippen molar-refractivity contribution in [1.82, 2.24) is 0 Å². The molecule has 0 unspecified atom stereocenters. The van der Waals surface area contributed by atoms with Crippen LogP contribution in [0.4, 0.5) is 8.78 Å². The summed E-state index contributed by atoms with van der Waals surface area (Å²) in [6, 6.07) is 0. The smallest absolute Gasteiger partial charge is 0.134 e. The van der Waals surface area contributed by atoms with Gasteiger partial charge in [-0.2, -0.15) is 0 Å². The lowest BCUT2D eigenvalue weighted by molar-refractivity contribution is 0.109. The van der Waals surface area contributed by atoms with Gasteiger partial charge in [0.15, 0.2) is 0 Å². The Morgan fingerprint density at radius 2 is 1.33 bits per heavy atom. The average molecular weight is 132 g/mol. The number of fused-ring (bicyclic) bond motifs is 2. The van der Waals surface area contributed by atoms with Gasteiger partial charge in [-0.3, -0.25) is 0 Å². The summed E-state index contributed by atoms with van der Waals surface area (Å²) in [4.78, 5) is 0. The van der Waals surface area contributed by atoms with Gasteiger partial charge in [-0.1, -0.05) is 0 Å². The molecule has 0 nitrogen and oxygen atoms in total. The van der Waals surface area contributed by atoms with Gasteiger partial charge in [-0.05, 0) is 31.1 Å². The fourth-order valence-corrected chi connectivity index (χ4v) is 2.15. The van der Waals surface area contributed by atoms with Gasteiger partial charge in [0.05, 0.1) is 0 Å². The maximum absolute atomic E-state index is 12.6. The summed E-state index contributed by atoms with van der Waals surface area (Å²) in [7, 11) is 0. The fourth-order valence-electron chi connectivity index (χ4n) is 2.15. The number of halogens is 2. The van der Waals surface area contributed by atoms with Crippen LogP contribution in [0, 0.1) is 11.8 Å². The summed E-state index contributed by atoms with van der Waals surface area (Å²) in [5, 5.41) is 0.